The van der Waals surface area contributed by atoms with Crippen molar-refractivity contribution in [3.63, 3.8) is 0 Å². The van der Waals surface area contributed by atoms with Gasteiger partial charge in [-0.05, 0) is 72.0 Å². The molecular weight excluding hydrogens is 485 g/mol. The van der Waals surface area contributed by atoms with E-state index in [1.54, 1.807) is 42.2 Å². The number of H-pyrrole nitrogens is 1. The van der Waals surface area contributed by atoms with E-state index in [1.165, 1.54) is 24.3 Å². The molecule has 5 rings (SSSR count). The van der Waals surface area contributed by atoms with E-state index in [-0.39, 0.29) is 36.4 Å². The molecule has 0 saturated carbocycles. The first-order valence-electron chi connectivity index (χ1n) is 9.85. The van der Waals surface area contributed by atoms with Gasteiger partial charge in [0.25, 0.3) is 0 Å². The number of halogens is 4. The zero-order valence-corrected chi connectivity index (χ0v) is 19.9. The number of hydrogen-bond acceptors (Lipinski definition) is 3. The molecule has 1 N–H and O–H groups in total. The Labute approximate surface area is 206 Å². The van der Waals surface area contributed by atoms with Crippen LogP contribution in [0.25, 0.3) is 39.1 Å². The van der Waals surface area contributed by atoms with Crippen LogP contribution < -0.4 is 0 Å². The second-order valence-electron chi connectivity index (χ2n) is 7.01. The van der Waals surface area contributed by atoms with Gasteiger partial charge in [-0.25, -0.2) is 13.8 Å². The van der Waals surface area contributed by atoms with Crippen molar-refractivity contribution in [1.29, 1.82) is 0 Å². The van der Waals surface area contributed by atoms with Crippen molar-refractivity contribution in [3.05, 3.63) is 84.6 Å². The molecule has 0 fully saturated rings. The van der Waals surface area contributed by atoms with Crippen LogP contribution in [-0.4, -0.2) is 25.5 Å². The summed E-state index contributed by atoms with van der Waals surface area (Å²) >= 11 is 1.64. The average Bonchev–Trinajstić information content (AvgIpc) is 3.40. The summed E-state index contributed by atoms with van der Waals surface area (Å²) in [6, 6.07) is 18.8. The summed E-state index contributed by atoms with van der Waals surface area (Å²) in [6.45, 7) is 2.07. The predicted octanol–water partition coefficient (Wildman–Crippen LogP) is 7.32. The molecule has 0 saturated heterocycles. The van der Waals surface area contributed by atoms with Gasteiger partial charge in [0.15, 0.2) is 5.16 Å². The van der Waals surface area contributed by atoms with E-state index < -0.39 is 0 Å². The molecular formula is C24H20Cl2F2N4S. The van der Waals surface area contributed by atoms with E-state index in [1.807, 2.05) is 16.7 Å². The molecule has 2 heterocycles. The summed E-state index contributed by atoms with van der Waals surface area (Å²) in [5, 5.41) is 8.09. The number of rotatable bonds is 5. The van der Waals surface area contributed by atoms with Crippen molar-refractivity contribution in [2.45, 2.75) is 12.1 Å². The molecule has 0 unspecified atom stereocenters. The van der Waals surface area contributed by atoms with Crippen LogP contribution in [0.1, 0.15) is 6.92 Å². The molecule has 3 aromatic carbocycles. The maximum atomic E-state index is 13.5. The fourth-order valence-corrected chi connectivity index (χ4v) is 4.38. The third-order valence-electron chi connectivity index (χ3n) is 5.07. The number of aromatic amines is 1. The molecule has 5 aromatic rings. The van der Waals surface area contributed by atoms with E-state index in [9.17, 15) is 8.78 Å². The molecule has 0 radical (unpaired) electrons. The first kappa shape index (κ1) is 24.8. The van der Waals surface area contributed by atoms with Gasteiger partial charge in [0.1, 0.15) is 11.6 Å². The van der Waals surface area contributed by atoms with Crippen molar-refractivity contribution in [1.82, 2.24) is 19.7 Å². The Morgan fingerprint density at radius 3 is 2.18 bits per heavy atom. The fourth-order valence-electron chi connectivity index (χ4n) is 3.63. The summed E-state index contributed by atoms with van der Waals surface area (Å²) in [7, 11) is 0. The lowest BCUT2D eigenvalue weighted by Crippen LogP contribution is -1.97. The summed E-state index contributed by atoms with van der Waals surface area (Å²) in [6.07, 6.45) is 1.76. The summed E-state index contributed by atoms with van der Waals surface area (Å²) in [4.78, 5) is 4.78. The largest absolute Gasteiger partial charge is 0.287 e. The first-order chi connectivity index (χ1) is 15.1. The molecule has 0 atom stereocenters. The number of nitrogens with one attached hydrogen (secondary N) is 1. The number of thioether (sulfide) groups is 1. The minimum absolute atomic E-state index is 0. The molecule has 0 spiro atoms. The topological polar surface area (TPSA) is 46.5 Å². The van der Waals surface area contributed by atoms with Crippen LogP contribution >= 0.6 is 36.6 Å². The molecule has 2 aromatic heterocycles. The highest BCUT2D eigenvalue weighted by atomic mass is 35.5. The van der Waals surface area contributed by atoms with Crippen molar-refractivity contribution in [2.24, 2.45) is 0 Å². The normalized spacial score (nSPS) is 10.6. The Bertz CT molecular complexity index is 1370. The maximum Gasteiger partial charge on any atom is 0.173 e. The monoisotopic (exact) mass is 504 g/mol. The second kappa shape index (κ2) is 10.4. The number of hydrogen-bond donors (Lipinski definition) is 1. The van der Waals surface area contributed by atoms with E-state index in [2.05, 4.69) is 23.2 Å². The second-order valence-corrected chi connectivity index (χ2v) is 8.24. The Morgan fingerprint density at radius 1 is 0.879 bits per heavy atom. The molecule has 33 heavy (non-hydrogen) atoms. The smallest absolute Gasteiger partial charge is 0.173 e. The highest BCUT2D eigenvalue weighted by Crippen LogP contribution is 2.34. The predicted molar refractivity (Wildman–Crippen MR) is 135 cm³/mol. The molecule has 0 aliphatic carbocycles. The van der Waals surface area contributed by atoms with Gasteiger partial charge >= 0.3 is 0 Å². The lowest BCUT2D eigenvalue weighted by Gasteiger charge is -2.09. The van der Waals surface area contributed by atoms with Crippen molar-refractivity contribution in [3.8, 4) is 28.1 Å². The SMILES string of the molecule is CCSc1nc2ccc(-c3cn[nH]c3-c3ccc(F)cc3)cc2n1-c1ccc(F)cc1.Cl.Cl. The Kier molecular flexibility index (Phi) is 7.79. The van der Waals surface area contributed by atoms with Gasteiger partial charge in [-0.2, -0.15) is 5.10 Å². The maximum absolute atomic E-state index is 13.5. The van der Waals surface area contributed by atoms with Crippen molar-refractivity contribution < 1.29 is 8.78 Å². The molecule has 0 bridgehead atoms. The minimum Gasteiger partial charge on any atom is -0.287 e. The lowest BCUT2D eigenvalue weighted by atomic mass is 10.0. The van der Waals surface area contributed by atoms with Crippen LogP contribution in [0.4, 0.5) is 8.78 Å². The zero-order valence-electron chi connectivity index (χ0n) is 17.5. The third-order valence-corrected chi connectivity index (χ3v) is 5.89. The first-order valence-corrected chi connectivity index (χ1v) is 10.8. The Balaban J connectivity index is 0.00000153. The molecule has 170 valence electrons. The molecule has 0 aliphatic heterocycles. The number of benzene rings is 3. The number of aromatic nitrogens is 4. The van der Waals surface area contributed by atoms with Gasteiger partial charge in [0.2, 0.25) is 0 Å². The Morgan fingerprint density at radius 2 is 1.52 bits per heavy atom. The van der Waals surface area contributed by atoms with E-state index in [0.717, 1.165) is 50.0 Å². The van der Waals surface area contributed by atoms with Crippen LogP contribution in [-0.2, 0) is 0 Å². The van der Waals surface area contributed by atoms with Crippen molar-refractivity contribution in [2.75, 3.05) is 5.75 Å². The van der Waals surface area contributed by atoms with Gasteiger partial charge < -0.3 is 0 Å². The van der Waals surface area contributed by atoms with Gasteiger partial charge in [-0.3, -0.25) is 9.67 Å². The van der Waals surface area contributed by atoms with Crippen LogP contribution in [0.3, 0.4) is 0 Å². The Hall–Kier alpha value is -2.87. The van der Waals surface area contributed by atoms with Crippen LogP contribution in [0.15, 0.2) is 78.1 Å². The van der Waals surface area contributed by atoms with Crippen LogP contribution in [0, 0.1) is 11.6 Å². The highest BCUT2D eigenvalue weighted by molar-refractivity contribution is 7.99. The molecule has 0 amide bonds. The van der Waals surface area contributed by atoms with Gasteiger partial charge in [-0.15, -0.1) is 24.8 Å². The summed E-state index contributed by atoms with van der Waals surface area (Å²) in [5.74, 6) is 0.310. The van der Waals surface area contributed by atoms with Crippen LogP contribution in [0.2, 0.25) is 0 Å². The highest BCUT2D eigenvalue weighted by Gasteiger charge is 2.16. The lowest BCUT2D eigenvalue weighted by molar-refractivity contribution is 0.627. The van der Waals surface area contributed by atoms with E-state index in [0.29, 0.717) is 0 Å². The molecule has 0 aliphatic rings. The summed E-state index contributed by atoms with van der Waals surface area (Å²) < 4.78 is 28.9. The van der Waals surface area contributed by atoms with E-state index >= 15 is 0 Å². The van der Waals surface area contributed by atoms with Gasteiger partial charge in [0.05, 0.1) is 22.9 Å². The van der Waals surface area contributed by atoms with Crippen molar-refractivity contribution >= 4 is 47.6 Å². The average molecular weight is 505 g/mol. The van der Waals surface area contributed by atoms with E-state index in [4.69, 9.17) is 4.98 Å². The number of fused-ring (bicyclic) bond motifs is 1. The van der Waals surface area contributed by atoms with Crippen LogP contribution in [0.5, 0.6) is 0 Å². The quantitative estimate of drug-likeness (QED) is 0.255. The third kappa shape index (κ3) is 4.76. The zero-order chi connectivity index (χ0) is 21.4. The molecule has 4 nitrogen and oxygen atoms in total. The fraction of sp³-hybridized carbons (Fsp3) is 0.0833. The van der Waals surface area contributed by atoms with Gasteiger partial charge in [-0.1, -0.05) is 24.8 Å². The summed E-state index contributed by atoms with van der Waals surface area (Å²) in [5.41, 5.74) is 6.16. The minimum atomic E-state index is -0.282. The number of nitrogens with zero attached hydrogens (tertiary/aromatic N) is 3. The molecule has 9 heteroatoms. The standard InChI is InChI=1S/C24H18F2N4S.2ClH/c1-2-31-24-28-21-12-5-16(13-22(21)30(24)19-10-8-18(26)9-11-19)20-14-27-29-23(20)15-3-6-17(25)7-4-15;;/h3-14H,2H2,1H3,(H,27,29);2*1H. The number of imidazole rings is 1. The van der Waals surface area contributed by atoms with Gasteiger partial charge in [0, 0.05) is 16.8 Å².